The van der Waals surface area contributed by atoms with Gasteiger partial charge in [-0.1, -0.05) is 62.4 Å². The molecule has 4 rings (SSSR count). The summed E-state index contributed by atoms with van der Waals surface area (Å²) < 4.78 is 11.1. The largest absolute Gasteiger partial charge is 0.480 e. The van der Waals surface area contributed by atoms with Crippen LogP contribution in [-0.2, 0) is 19.1 Å². The molecule has 3 atom stereocenters. The fourth-order valence-corrected chi connectivity index (χ4v) is 4.94. The Balaban J connectivity index is 1.30. The van der Waals surface area contributed by atoms with Gasteiger partial charge >= 0.3 is 12.1 Å². The zero-order valence-electron chi connectivity index (χ0n) is 20.0. The highest BCUT2D eigenvalue weighted by molar-refractivity contribution is 5.86. The number of carboxylic acids is 1. The summed E-state index contributed by atoms with van der Waals surface area (Å²) in [6.07, 6.45) is -0.445. The molecule has 2 aliphatic rings. The van der Waals surface area contributed by atoms with Crippen molar-refractivity contribution in [3.8, 4) is 11.1 Å². The van der Waals surface area contributed by atoms with Gasteiger partial charge in [-0.2, -0.15) is 0 Å². The number of hydrogen-bond acceptors (Lipinski definition) is 5. The van der Waals surface area contributed by atoms with Crippen molar-refractivity contribution in [2.75, 3.05) is 19.8 Å². The average Bonchev–Trinajstić information content (AvgIpc) is 3.43. The number of amides is 2. The average molecular weight is 481 g/mol. The van der Waals surface area contributed by atoms with Crippen molar-refractivity contribution in [1.29, 1.82) is 0 Å². The molecule has 186 valence electrons. The molecule has 1 aliphatic carbocycles. The lowest BCUT2D eigenvalue weighted by Crippen LogP contribution is -2.49. The Kier molecular flexibility index (Phi) is 7.70. The second kappa shape index (κ2) is 10.9. The van der Waals surface area contributed by atoms with E-state index in [2.05, 4.69) is 34.9 Å². The highest BCUT2D eigenvalue weighted by Gasteiger charge is 2.36. The monoisotopic (exact) mass is 480 g/mol. The molecular weight excluding hydrogens is 448 g/mol. The van der Waals surface area contributed by atoms with E-state index in [1.807, 2.05) is 38.1 Å². The summed E-state index contributed by atoms with van der Waals surface area (Å²) in [7, 11) is 0. The smallest absolute Gasteiger partial charge is 0.407 e. The molecule has 2 aromatic carbocycles. The molecule has 1 heterocycles. The first kappa shape index (κ1) is 24.7. The molecule has 0 bridgehead atoms. The third-order valence-corrected chi connectivity index (χ3v) is 6.65. The summed E-state index contributed by atoms with van der Waals surface area (Å²) in [5.74, 6) is -1.71. The van der Waals surface area contributed by atoms with Crippen LogP contribution in [0.2, 0.25) is 0 Å². The van der Waals surface area contributed by atoms with Crippen molar-refractivity contribution >= 4 is 18.0 Å². The van der Waals surface area contributed by atoms with Gasteiger partial charge in [-0.25, -0.2) is 9.59 Å². The molecule has 3 N–H and O–H groups in total. The lowest BCUT2D eigenvalue weighted by molar-refractivity contribution is -0.144. The molecule has 2 amide bonds. The van der Waals surface area contributed by atoms with Crippen molar-refractivity contribution in [3.05, 3.63) is 59.7 Å². The van der Waals surface area contributed by atoms with Gasteiger partial charge in [0.15, 0.2) is 0 Å². The van der Waals surface area contributed by atoms with E-state index in [-0.39, 0.29) is 30.9 Å². The third-order valence-electron chi connectivity index (χ3n) is 6.65. The predicted octanol–water partition coefficient (Wildman–Crippen LogP) is 3.55. The van der Waals surface area contributed by atoms with Crippen LogP contribution in [0.15, 0.2) is 48.5 Å². The minimum absolute atomic E-state index is 0.0320. The number of carboxylic acid groups (broad SMARTS) is 1. The Morgan fingerprint density at radius 1 is 1.06 bits per heavy atom. The first-order valence-corrected chi connectivity index (χ1v) is 12.1. The quantitative estimate of drug-likeness (QED) is 0.506. The molecule has 1 saturated heterocycles. The Morgan fingerprint density at radius 3 is 2.29 bits per heavy atom. The molecule has 8 nitrogen and oxygen atoms in total. The standard InChI is InChI=1S/C27H32N2O6/c1-16(2)13-23(26(31)32)29-25(30)24-17(11-12-34-24)14-28-27(33)35-15-22-20-9-5-3-7-18(20)19-8-4-6-10-21(19)22/h3-10,16-17,22-24H,11-15H2,1-2H3,(H,28,33)(H,29,30)(H,31,32). The third kappa shape index (κ3) is 5.65. The van der Waals surface area contributed by atoms with Gasteiger partial charge in [0.1, 0.15) is 18.8 Å². The van der Waals surface area contributed by atoms with Crippen molar-refractivity contribution in [2.24, 2.45) is 11.8 Å². The molecule has 0 saturated carbocycles. The van der Waals surface area contributed by atoms with Crippen LogP contribution in [0.1, 0.15) is 43.7 Å². The normalized spacial score (nSPS) is 19.6. The second-order valence-electron chi connectivity index (χ2n) is 9.58. The lowest BCUT2D eigenvalue weighted by atomic mass is 9.98. The van der Waals surface area contributed by atoms with Crippen LogP contribution in [-0.4, -0.2) is 55.0 Å². The minimum Gasteiger partial charge on any atom is -0.480 e. The van der Waals surface area contributed by atoms with Crippen LogP contribution in [0.25, 0.3) is 11.1 Å². The number of hydrogen-bond donors (Lipinski definition) is 3. The minimum atomic E-state index is -1.07. The van der Waals surface area contributed by atoms with Gasteiger partial charge in [-0.15, -0.1) is 0 Å². The van der Waals surface area contributed by atoms with E-state index < -0.39 is 30.1 Å². The first-order valence-electron chi connectivity index (χ1n) is 12.1. The molecule has 3 unspecified atom stereocenters. The Labute approximate surface area is 205 Å². The van der Waals surface area contributed by atoms with Gasteiger partial charge in [0.25, 0.3) is 0 Å². The topological polar surface area (TPSA) is 114 Å². The Hall–Kier alpha value is -3.39. The highest BCUT2D eigenvalue weighted by Crippen LogP contribution is 2.44. The number of rotatable bonds is 9. The Bertz CT molecular complexity index is 1040. The molecule has 35 heavy (non-hydrogen) atoms. The van der Waals surface area contributed by atoms with Gasteiger partial charge in [0.2, 0.25) is 5.91 Å². The summed E-state index contributed by atoms with van der Waals surface area (Å²) in [5.41, 5.74) is 4.59. The van der Waals surface area contributed by atoms with Gasteiger partial charge in [0.05, 0.1) is 0 Å². The van der Waals surface area contributed by atoms with E-state index in [0.717, 1.165) is 22.3 Å². The first-order chi connectivity index (χ1) is 16.8. The Morgan fingerprint density at radius 2 is 1.69 bits per heavy atom. The number of nitrogens with one attached hydrogen (secondary N) is 2. The predicted molar refractivity (Wildman–Crippen MR) is 130 cm³/mol. The zero-order chi connectivity index (χ0) is 24.9. The molecule has 1 aliphatic heterocycles. The molecule has 0 radical (unpaired) electrons. The van der Waals surface area contributed by atoms with Gasteiger partial charge in [-0.05, 0) is 41.0 Å². The maximum Gasteiger partial charge on any atom is 0.407 e. The summed E-state index contributed by atoms with van der Waals surface area (Å²) in [6.45, 7) is 4.58. The zero-order valence-corrected chi connectivity index (χ0v) is 20.0. The summed E-state index contributed by atoms with van der Waals surface area (Å²) >= 11 is 0. The number of alkyl carbamates (subject to hydrolysis) is 1. The van der Waals surface area contributed by atoms with Gasteiger partial charge in [-0.3, -0.25) is 4.79 Å². The maximum atomic E-state index is 12.7. The summed E-state index contributed by atoms with van der Waals surface area (Å²) in [4.78, 5) is 36.7. The van der Waals surface area contributed by atoms with Crippen molar-refractivity contribution in [2.45, 2.75) is 44.8 Å². The summed E-state index contributed by atoms with van der Waals surface area (Å²) in [6, 6.07) is 15.3. The number of benzene rings is 2. The van der Waals surface area contributed by atoms with Crippen molar-refractivity contribution < 1.29 is 29.0 Å². The number of fused-ring (bicyclic) bond motifs is 3. The fourth-order valence-electron chi connectivity index (χ4n) is 4.94. The molecule has 2 aromatic rings. The van der Waals surface area contributed by atoms with Crippen LogP contribution < -0.4 is 10.6 Å². The number of aliphatic carboxylic acids is 1. The highest BCUT2D eigenvalue weighted by atomic mass is 16.5. The number of carbonyl (C=O) groups is 3. The van der Waals surface area contributed by atoms with Crippen molar-refractivity contribution in [1.82, 2.24) is 10.6 Å². The van der Waals surface area contributed by atoms with E-state index in [1.54, 1.807) is 0 Å². The molecule has 0 spiro atoms. The molecule has 1 fully saturated rings. The molecule has 8 heteroatoms. The number of carbonyl (C=O) groups excluding carboxylic acids is 2. The van der Waals surface area contributed by atoms with E-state index in [0.29, 0.717) is 19.4 Å². The van der Waals surface area contributed by atoms with E-state index in [4.69, 9.17) is 9.47 Å². The fraction of sp³-hybridized carbons (Fsp3) is 0.444. The van der Waals surface area contributed by atoms with Crippen LogP contribution in [0.3, 0.4) is 0 Å². The SMILES string of the molecule is CC(C)CC(NC(=O)C1OCCC1CNC(=O)OCC1c2ccccc2-c2ccccc21)C(=O)O. The molecular formula is C27H32N2O6. The van der Waals surface area contributed by atoms with Crippen LogP contribution >= 0.6 is 0 Å². The molecule has 0 aromatic heterocycles. The van der Waals surface area contributed by atoms with E-state index in [1.165, 1.54) is 0 Å². The van der Waals surface area contributed by atoms with E-state index >= 15 is 0 Å². The summed E-state index contributed by atoms with van der Waals surface area (Å²) in [5, 5.41) is 14.7. The lowest BCUT2D eigenvalue weighted by Gasteiger charge is -2.22. The van der Waals surface area contributed by atoms with Crippen LogP contribution in [0, 0.1) is 11.8 Å². The second-order valence-corrected chi connectivity index (χ2v) is 9.58. The van der Waals surface area contributed by atoms with Gasteiger partial charge < -0.3 is 25.2 Å². The maximum absolute atomic E-state index is 12.7. The number of ether oxygens (including phenoxy) is 2. The van der Waals surface area contributed by atoms with E-state index in [9.17, 15) is 19.5 Å². The van der Waals surface area contributed by atoms with Crippen LogP contribution in [0.5, 0.6) is 0 Å². The van der Waals surface area contributed by atoms with Crippen molar-refractivity contribution in [3.63, 3.8) is 0 Å². The van der Waals surface area contributed by atoms with Gasteiger partial charge in [0, 0.05) is 25.0 Å². The van der Waals surface area contributed by atoms with Crippen LogP contribution in [0.4, 0.5) is 4.79 Å².